The highest BCUT2D eigenvalue weighted by atomic mass is 16.6. The fraction of sp³-hybridized carbons (Fsp3) is 0.952. The molecule has 0 aromatic carbocycles. The molecule has 12 rings (SSSR count). The Balaban J connectivity index is 0.990. The molecular weight excluding hydrogens is 600 g/mol. The second-order valence-corrected chi connectivity index (χ2v) is 19.9. The van der Waals surface area contributed by atoms with Crippen LogP contribution in [-0.4, -0.2) is 48.6 Å². The second-order valence-electron chi connectivity index (χ2n) is 19.9. The van der Waals surface area contributed by atoms with Crippen molar-refractivity contribution >= 4 is 11.9 Å². The summed E-state index contributed by atoms with van der Waals surface area (Å²) in [5.74, 6) is 5.67. The SMILES string of the molecule is CCC(C)OCC1(OC(=O)C23CC4CC(C2)CC(C(=O)OC2(COC(C)CC)C5CC6CC(C5)CC2C6)(C4)C3)C2CC3CC(C2)CC1C3. The van der Waals surface area contributed by atoms with Gasteiger partial charge in [-0.25, -0.2) is 0 Å². The Kier molecular flexibility index (Phi) is 7.97. The first-order chi connectivity index (χ1) is 23.1. The maximum Gasteiger partial charge on any atom is 0.312 e. The number of esters is 2. The highest BCUT2D eigenvalue weighted by Crippen LogP contribution is 2.68. The summed E-state index contributed by atoms with van der Waals surface area (Å²) in [5.41, 5.74) is -2.12. The van der Waals surface area contributed by atoms with Gasteiger partial charge in [-0.05, 0) is 165 Å². The second kappa shape index (κ2) is 11.7. The van der Waals surface area contributed by atoms with E-state index in [2.05, 4.69) is 27.7 Å². The number of carbonyl (C=O) groups excluding carboxylic acids is 2. The van der Waals surface area contributed by atoms with Crippen LogP contribution in [0.25, 0.3) is 0 Å². The van der Waals surface area contributed by atoms with Crippen LogP contribution < -0.4 is 0 Å². The molecule has 12 aliphatic rings. The van der Waals surface area contributed by atoms with Crippen molar-refractivity contribution in [1.82, 2.24) is 0 Å². The Bertz CT molecular complexity index is 1110. The molecule has 0 spiro atoms. The quantitative estimate of drug-likeness (QED) is 0.195. The third kappa shape index (κ3) is 5.04. The predicted octanol–water partition coefficient (Wildman–Crippen LogP) is 8.68. The van der Waals surface area contributed by atoms with Gasteiger partial charge in [0.25, 0.3) is 0 Å². The summed E-state index contributed by atoms with van der Waals surface area (Å²) in [5, 5.41) is 0. The van der Waals surface area contributed by atoms with E-state index in [0.717, 1.165) is 68.6 Å². The zero-order valence-corrected chi connectivity index (χ0v) is 30.5. The maximum atomic E-state index is 15.0. The first-order valence-electron chi connectivity index (χ1n) is 20.8. The van der Waals surface area contributed by atoms with Gasteiger partial charge < -0.3 is 18.9 Å². The molecular formula is C42H64O6. The van der Waals surface area contributed by atoms with Crippen molar-refractivity contribution in [1.29, 1.82) is 0 Å². The predicted molar refractivity (Wildman–Crippen MR) is 183 cm³/mol. The Morgan fingerprint density at radius 1 is 0.521 bits per heavy atom. The van der Waals surface area contributed by atoms with Gasteiger partial charge in [0.1, 0.15) is 11.2 Å². The van der Waals surface area contributed by atoms with Crippen LogP contribution in [-0.2, 0) is 28.5 Å². The van der Waals surface area contributed by atoms with E-state index in [-0.39, 0.29) is 24.1 Å². The van der Waals surface area contributed by atoms with E-state index >= 15 is 0 Å². The van der Waals surface area contributed by atoms with Gasteiger partial charge >= 0.3 is 11.9 Å². The minimum Gasteiger partial charge on any atom is -0.456 e. The zero-order valence-electron chi connectivity index (χ0n) is 30.5. The smallest absolute Gasteiger partial charge is 0.312 e. The topological polar surface area (TPSA) is 71.1 Å². The lowest BCUT2D eigenvalue weighted by Gasteiger charge is -2.64. The van der Waals surface area contributed by atoms with Gasteiger partial charge in [-0.3, -0.25) is 9.59 Å². The molecule has 12 aliphatic carbocycles. The van der Waals surface area contributed by atoms with Crippen LogP contribution in [0.2, 0.25) is 0 Å². The van der Waals surface area contributed by atoms with Gasteiger partial charge in [-0.15, -0.1) is 0 Å². The molecule has 12 saturated carbocycles. The molecule has 0 saturated heterocycles. The summed E-state index contributed by atoms with van der Waals surface area (Å²) in [6.07, 6.45) is 19.8. The van der Waals surface area contributed by atoms with Crippen molar-refractivity contribution in [2.24, 2.45) is 70.0 Å². The summed E-state index contributed by atoms with van der Waals surface area (Å²) in [6, 6.07) is 0. The van der Waals surface area contributed by atoms with Crippen LogP contribution in [0.1, 0.15) is 143 Å². The van der Waals surface area contributed by atoms with Crippen LogP contribution in [0.4, 0.5) is 0 Å². The molecule has 0 amide bonds. The molecule has 12 fully saturated rings. The molecule has 0 aliphatic heterocycles. The van der Waals surface area contributed by atoms with Crippen LogP contribution in [0.5, 0.6) is 0 Å². The molecule has 268 valence electrons. The Labute approximate surface area is 289 Å². The fourth-order valence-corrected chi connectivity index (χ4v) is 14.9. The van der Waals surface area contributed by atoms with E-state index < -0.39 is 22.0 Å². The van der Waals surface area contributed by atoms with E-state index in [1.54, 1.807) is 0 Å². The lowest BCUT2D eigenvalue weighted by atomic mass is 9.44. The average molecular weight is 665 g/mol. The molecule has 48 heavy (non-hydrogen) atoms. The standard InChI is InChI=1S/C42H64O6/c1-5-25(3)45-23-41(33-10-27-7-28(12-33)13-34(41)11-27)47-37(43)39-18-31-9-32(19-39)21-40(20-31,22-39)38(44)48-42(24-46-26(4)6-2)35-14-29-8-30(16-35)17-36(42)15-29/h25-36H,5-24H2,1-4H3. The summed E-state index contributed by atoms with van der Waals surface area (Å²) in [4.78, 5) is 30.0. The van der Waals surface area contributed by atoms with E-state index in [4.69, 9.17) is 18.9 Å². The molecule has 0 N–H and O–H groups in total. The fourth-order valence-electron chi connectivity index (χ4n) is 14.9. The van der Waals surface area contributed by atoms with E-state index in [0.29, 0.717) is 55.1 Å². The molecule has 6 heteroatoms. The lowest BCUT2D eigenvalue weighted by Crippen LogP contribution is -2.66. The average Bonchev–Trinajstić information content (AvgIpc) is 3.05. The summed E-state index contributed by atoms with van der Waals surface area (Å²) < 4.78 is 27.3. The lowest BCUT2D eigenvalue weighted by molar-refractivity contribution is -0.255. The molecule has 0 aromatic heterocycles. The van der Waals surface area contributed by atoms with Gasteiger partial charge in [-0.2, -0.15) is 0 Å². The highest BCUT2D eigenvalue weighted by molar-refractivity contribution is 5.83. The zero-order chi connectivity index (χ0) is 33.1. The Morgan fingerprint density at radius 2 is 0.833 bits per heavy atom. The van der Waals surface area contributed by atoms with Crippen LogP contribution in [0.3, 0.4) is 0 Å². The maximum absolute atomic E-state index is 15.0. The summed E-state index contributed by atoms with van der Waals surface area (Å²) >= 11 is 0. The molecule has 0 heterocycles. The minimum atomic E-state index is -0.564. The van der Waals surface area contributed by atoms with Crippen LogP contribution >= 0.6 is 0 Å². The number of hydrogen-bond acceptors (Lipinski definition) is 6. The Morgan fingerprint density at radius 3 is 1.15 bits per heavy atom. The molecule has 2 unspecified atom stereocenters. The third-order valence-electron chi connectivity index (χ3n) is 16.9. The van der Waals surface area contributed by atoms with Gasteiger partial charge in [0.15, 0.2) is 0 Å². The van der Waals surface area contributed by atoms with Crippen molar-refractivity contribution in [2.75, 3.05) is 13.2 Å². The normalized spacial score (nSPS) is 51.7. The largest absolute Gasteiger partial charge is 0.456 e. The first kappa shape index (κ1) is 32.7. The molecule has 12 bridgehead atoms. The van der Waals surface area contributed by atoms with Gasteiger partial charge in [0, 0.05) is 23.7 Å². The Hall–Kier alpha value is -1.14. The van der Waals surface area contributed by atoms with E-state index in [1.807, 2.05) is 0 Å². The van der Waals surface area contributed by atoms with Gasteiger partial charge in [0.05, 0.1) is 36.3 Å². The summed E-state index contributed by atoms with van der Waals surface area (Å²) in [7, 11) is 0. The number of rotatable bonds is 12. The number of hydrogen-bond donors (Lipinski definition) is 0. The summed E-state index contributed by atoms with van der Waals surface area (Å²) in [6.45, 7) is 9.76. The van der Waals surface area contributed by atoms with Crippen molar-refractivity contribution in [3.63, 3.8) is 0 Å². The molecule has 6 nitrogen and oxygen atoms in total. The highest BCUT2D eigenvalue weighted by Gasteiger charge is 2.68. The van der Waals surface area contributed by atoms with Crippen LogP contribution in [0, 0.1) is 70.0 Å². The van der Waals surface area contributed by atoms with Gasteiger partial charge in [-0.1, -0.05) is 13.8 Å². The van der Waals surface area contributed by atoms with E-state index in [1.165, 1.54) is 64.2 Å². The van der Waals surface area contributed by atoms with Crippen LogP contribution in [0.15, 0.2) is 0 Å². The van der Waals surface area contributed by atoms with Crippen molar-refractivity contribution < 1.29 is 28.5 Å². The number of ether oxygens (including phenoxy) is 4. The van der Waals surface area contributed by atoms with Crippen molar-refractivity contribution in [2.45, 2.75) is 167 Å². The van der Waals surface area contributed by atoms with Gasteiger partial charge in [0.2, 0.25) is 0 Å². The first-order valence-corrected chi connectivity index (χ1v) is 20.8. The van der Waals surface area contributed by atoms with Crippen molar-refractivity contribution in [3.8, 4) is 0 Å². The molecule has 0 radical (unpaired) electrons. The minimum absolute atomic E-state index is 0.0124. The third-order valence-corrected chi connectivity index (χ3v) is 16.9. The number of carbonyl (C=O) groups is 2. The molecule has 0 aromatic rings. The van der Waals surface area contributed by atoms with E-state index in [9.17, 15) is 9.59 Å². The monoisotopic (exact) mass is 664 g/mol. The molecule has 2 atom stereocenters. The van der Waals surface area contributed by atoms with Crippen molar-refractivity contribution in [3.05, 3.63) is 0 Å².